The summed E-state index contributed by atoms with van der Waals surface area (Å²) in [4.78, 5) is 20.6. The topological polar surface area (TPSA) is 43.4 Å². The van der Waals surface area contributed by atoms with Crippen molar-refractivity contribution in [3.8, 4) is 5.75 Å². The molecule has 1 rings (SSSR count). The number of carbonyl (C=O) groups is 2. The van der Waals surface area contributed by atoms with Gasteiger partial charge in [-0.25, -0.2) is 4.79 Å². The van der Waals surface area contributed by atoms with E-state index in [1.807, 2.05) is 19.9 Å². The first-order chi connectivity index (χ1) is 6.11. The van der Waals surface area contributed by atoms with Gasteiger partial charge in [-0.05, 0) is 37.1 Å². The predicted molar refractivity (Wildman–Crippen MR) is 47.6 cm³/mol. The average molecular weight is 178 g/mol. The predicted octanol–water partition coefficient (Wildman–Crippen LogP) is 1.41. The molecule has 0 aromatic heterocycles. The Morgan fingerprint density at radius 1 is 1.23 bits per heavy atom. The summed E-state index contributed by atoms with van der Waals surface area (Å²) in [7, 11) is 0. The van der Waals surface area contributed by atoms with Gasteiger partial charge in [0.1, 0.15) is 5.75 Å². The number of ether oxygens (including phenoxy) is 1. The third-order valence-corrected chi connectivity index (χ3v) is 1.51. The number of hydrogen-bond donors (Lipinski definition) is 0. The van der Waals surface area contributed by atoms with E-state index in [1.165, 1.54) is 0 Å². The second-order valence-electron chi connectivity index (χ2n) is 2.86. The van der Waals surface area contributed by atoms with Gasteiger partial charge in [0.05, 0.1) is 0 Å². The van der Waals surface area contributed by atoms with Crippen LogP contribution in [-0.4, -0.2) is 12.3 Å². The van der Waals surface area contributed by atoms with Crippen LogP contribution in [0.15, 0.2) is 18.2 Å². The lowest BCUT2D eigenvalue weighted by Gasteiger charge is -2.02. The van der Waals surface area contributed by atoms with Crippen LogP contribution in [0.1, 0.15) is 11.1 Å². The van der Waals surface area contributed by atoms with Gasteiger partial charge in [0.25, 0.3) is 0 Å². The van der Waals surface area contributed by atoms with Crippen LogP contribution in [0.25, 0.3) is 0 Å². The van der Waals surface area contributed by atoms with E-state index in [2.05, 4.69) is 0 Å². The Morgan fingerprint density at radius 3 is 2.23 bits per heavy atom. The lowest BCUT2D eigenvalue weighted by atomic mass is 10.1. The van der Waals surface area contributed by atoms with Gasteiger partial charge in [-0.1, -0.05) is 6.07 Å². The van der Waals surface area contributed by atoms with Crippen molar-refractivity contribution in [1.29, 1.82) is 0 Å². The maximum Gasteiger partial charge on any atom is 0.376 e. The Kier molecular flexibility index (Phi) is 2.80. The molecule has 0 amide bonds. The molecule has 0 spiro atoms. The van der Waals surface area contributed by atoms with Crippen LogP contribution in [0, 0.1) is 13.8 Å². The average Bonchev–Trinajstić information content (AvgIpc) is 2.02. The Labute approximate surface area is 76.3 Å². The second kappa shape index (κ2) is 3.85. The summed E-state index contributed by atoms with van der Waals surface area (Å²) in [5.41, 5.74) is 1.99. The second-order valence-corrected chi connectivity index (χ2v) is 2.86. The molecule has 0 aliphatic carbocycles. The van der Waals surface area contributed by atoms with Crippen LogP contribution in [0.4, 0.5) is 0 Å². The first-order valence-electron chi connectivity index (χ1n) is 3.87. The summed E-state index contributed by atoms with van der Waals surface area (Å²) in [5.74, 6) is -0.459. The number of rotatable bonds is 2. The molecule has 0 aliphatic heterocycles. The highest BCUT2D eigenvalue weighted by Crippen LogP contribution is 2.15. The quantitative estimate of drug-likeness (QED) is 0.297. The molecule has 0 bridgehead atoms. The van der Waals surface area contributed by atoms with Gasteiger partial charge in [0.15, 0.2) is 0 Å². The van der Waals surface area contributed by atoms with Crippen LogP contribution in [0.5, 0.6) is 5.75 Å². The molecular weight excluding hydrogens is 168 g/mol. The lowest BCUT2D eigenvalue weighted by Crippen LogP contribution is -2.08. The van der Waals surface area contributed by atoms with Crippen molar-refractivity contribution in [3.63, 3.8) is 0 Å². The van der Waals surface area contributed by atoms with Gasteiger partial charge in [-0.2, -0.15) is 0 Å². The monoisotopic (exact) mass is 178 g/mol. The van der Waals surface area contributed by atoms with E-state index < -0.39 is 5.97 Å². The van der Waals surface area contributed by atoms with Crippen LogP contribution in [0.2, 0.25) is 0 Å². The highest BCUT2D eigenvalue weighted by atomic mass is 16.5. The SMILES string of the molecule is Cc1cc(C)cc(OC(=O)C=O)c1. The normalized spacial score (nSPS) is 9.38. The fourth-order valence-electron chi connectivity index (χ4n) is 1.13. The molecule has 0 heterocycles. The van der Waals surface area contributed by atoms with Gasteiger partial charge < -0.3 is 4.74 Å². The first-order valence-corrected chi connectivity index (χ1v) is 3.87. The molecule has 0 atom stereocenters. The van der Waals surface area contributed by atoms with E-state index in [4.69, 9.17) is 4.74 Å². The molecular formula is C10H10O3. The van der Waals surface area contributed by atoms with Gasteiger partial charge in [-0.3, -0.25) is 4.79 Å². The molecule has 13 heavy (non-hydrogen) atoms. The van der Waals surface area contributed by atoms with Crippen molar-refractivity contribution in [2.45, 2.75) is 13.8 Å². The van der Waals surface area contributed by atoms with Crippen LogP contribution < -0.4 is 4.74 Å². The highest BCUT2D eigenvalue weighted by molar-refractivity contribution is 6.21. The zero-order chi connectivity index (χ0) is 9.84. The van der Waals surface area contributed by atoms with E-state index in [-0.39, 0.29) is 6.29 Å². The smallest absolute Gasteiger partial charge is 0.376 e. The fourth-order valence-corrected chi connectivity index (χ4v) is 1.13. The third-order valence-electron chi connectivity index (χ3n) is 1.51. The number of aldehydes is 1. The first kappa shape index (κ1) is 9.45. The highest BCUT2D eigenvalue weighted by Gasteiger charge is 2.02. The van der Waals surface area contributed by atoms with Crippen LogP contribution in [0.3, 0.4) is 0 Å². The molecule has 0 unspecified atom stereocenters. The molecule has 0 saturated heterocycles. The van der Waals surface area contributed by atoms with Gasteiger partial charge >= 0.3 is 5.97 Å². The third kappa shape index (κ3) is 2.71. The van der Waals surface area contributed by atoms with E-state index in [1.54, 1.807) is 12.1 Å². The van der Waals surface area contributed by atoms with Crippen LogP contribution >= 0.6 is 0 Å². The molecule has 0 radical (unpaired) electrons. The number of esters is 1. The van der Waals surface area contributed by atoms with E-state index >= 15 is 0 Å². The zero-order valence-corrected chi connectivity index (χ0v) is 7.53. The van der Waals surface area contributed by atoms with E-state index in [9.17, 15) is 9.59 Å². The van der Waals surface area contributed by atoms with E-state index in [0.29, 0.717) is 5.75 Å². The Hall–Kier alpha value is -1.64. The summed E-state index contributed by atoms with van der Waals surface area (Å²) >= 11 is 0. The fraction of sp³-hybridized carbons (Fsp3) is 0.200. The molecule has 1 aromatic carbocycles. The molecule has 0 saturated carbocycles. The van der Waals surface area contributed by atoms with Gasteiger partial charge in [-0.15, -0.1) is 0 Å². The lowest BCUT2D eigenvalue weighted by molar-refractivity contribution is -0.141. The minimum absolute atomic E-state index is 0.150. The number of carbonyl (C=O) groups excluding carboxylic acids is 2. The van der Waals surface area contributed by atoms with Gasteiger partial charge in [0.2, 0.25) is 6.29 Å². The minimum Gasteiger partial charge on any atom is -0.421 e. The Bertz CT molecular complexity index is 322. The maximum absolute atomic E-state index is 10.6. The van der Waals surface area contributed by atoms with E-state index in [0.717, 1.165) is 11.1 Å². The number of hydrogen-bond acceptors (Lipinski definition) is 3. The maximum atomic E-state index is 10.6. The van der Waals surface area contributed by atoms with Crippen molar-refractivity contribution in [3.05, 3.63) is 29.3 Å². The van der Waals surface area contributed by atoms with Crippen molar-refractivity contribution in [2.24, 2.45) is 0 Å². The summed E-state index contributed by atoms with van der Waals surface area (Å²) in [6.45, 7) is 3.79. The van der Waals surface area contributed by atoms with Gasteiger partial charge in [0, 0.05) is 0 Å². The summed E-state index contributed by atoms with van der Waals surface area (Å²) in [6, 6.07) is 5.36. The molecule has 0 aliphatic rings. The number of benzene rings is 1. The summed E-state index contributed by atoms with van der Waals surface area (Å²) in [6.07, 6.45) is 0.150. The summed E-state index contributed by atoms with van der Waals surface area (Å²) in [5, 5.41) is 0. The molecule has 0 fully saturated rings. The molecule has 3 heteroatoms. The standard InChI is InChI=1S/C10H10O3/c1-7-3-8(2)5-9(4-7)13-10(12)6-11/h3-6H,1-2H3. The van der Waals surface area contributed by atoms with Crippen molar-refractivity contribution in [1.82, 2.24) is 0 Å². The van der Waals surface area contributed by atoms with Crippen molar-refractivity contribution in [2.75, 3.05) is 0 Å². The molecule has 3 nitrogen and oxygen atoms in total. The molecule has 68 valence electrons. The van der Waals surface area contributed by atoms with Crippen molar-refractivity contribution >= 4 is 12.3 Å². The Morgan fingerprint density at radius 2 is 1.77 bits per heavy atom. The zero-order valence-electron chi connectivity index (χ0n) is 7.53. The largest absolute Gasteiger partial charge is 0.421 e. The molecule has 0 N–H and O–H groups in total. The minimum atomic E-state index is -0.870. The molecule has 1 aromatic rings. The number of aryl methyl sites for hydroxylation is 2. The summed E-state index contributed by atoms with van der Waals surface area (Å²) < 4.78 is 4.72. The Balaban J connectivity index is 2.89. The van der Waals surface area contributed by atoms with Crippen LogP contribution in [-0.2, 0) is 9.59 Å². The van der Waals surface area contributed by atoms with Crippen molar-refractivity contribution < 1.29 is 14.3 Å².